The van der Waals surface area contributed by atoms with Crippen molar-refractivity contribution in [3.05, 3.63) is 81.3 Å². The van der Waals surface area contributed by atoms with Crippen molar-refractivity contribution in [3.63, 3.8) is 0 Å². The van der Waals surface area contributed by atoms with Crippen LogP contribution in [-0.2, 0) is 4.79 Å². The van der Waals surface area contributed by atoms with Crippen molar-refractivity contribution in [1.29, 1.82) is 5.41 Å². The lowest BCUT2D eigenvalue weighted by molar-refractivity contribution is -0.114. The molecule has 0 saturated heterocycles. The molecule has 0 radical (unpaired) electrons. The van der Waals surface area contributed by atoms with Gasteiger partial charge in [0.1, 0.15) is 5.71 Å². The predicted molar refractivity (Wildman–Crippen MR) is 174 cm³/mol. The van der Waals surface area contributed by atoms with Crippen molar-refractivity contribution in [2.24, 2.45) is 5.92 Å². The second-order valence-electron chi connectivity index (χ2n) is 10.1. The summed E-state index contributed by atoms with van der Waals surface area (Å²) in [4.78, 5) is 12.8. The molecular weight excluding hydrogens is 563 g/mol. The third-order valence-electron chi connectivity index (χ3n) is 7.11. The van der Waals surface area contributed by atoms with E-state index >= 15 is 0 Å². The normalized spacial score (nSPS) is 13.2. The van der Waals surface area contributed by atoms with Crippen LogP contribution in [0, 0.1) is 11.3 Å². The number of hydrogen-bond acceptors (Lipinski definition) is 4. The maximum Gasteiger partial charge on any atom is 0.269 e. The number of halogens is 3. The van der Waals surface area contributed by atoms with Gasteiger partial charge >= 0.3 is 0 Å². The van der Waals surface area contributed by atoms with Crippen LogP contribution in [0.3, 0.4) is 0 Å². The van der Waals surface area contributed by atoms with Crippen molar-refractivity contribution >= 4 is 57.8 Å². The summed E-state index contributed by atoms with van der Waals surface area (Å²) in [5.41, 5.74) is 2.38. The average molecular weight is 606 g/mol. The molecule has 218 valence electrons. The first-order valence-corrected chi connectivity index (χ1v) is 15.2. The Labute approximate surface area is 255 Å². The standard InChI is InChI=1S/C32H43Cl3N4O/c1-5-12-24(6-2)23(4)37-19-10-8-7-9-11-20-38-32(40)30(36)22(3)31(25-13-15-26(33)16-14-25)39-29-18-17-27(34)21-28(29)35/h5,13-18,21,23-24,36-37,39H,1,6-12,19-20H2,2-4H3,(H,38,40)/b31-22-,36-30?. The first kappa shape index (κ1) is 33.9. The fourth-order valence-electron chi connectivity index (χ4n) is 4.53. The molecule has 0 aromatic heterocycles. The van der Waals surface area contributed by atoms with Crippen LogP contribution >= 0.6 is 34.8 Å². The van der Waals surface area contributed by atoms with Crippen LogP contribution in [0.4, 0.5) is 5.69 Å². The van der Waals surface area contributed by atoms with E-state index in [0.717, 1.165) is 57.1 Å². The Bertz CT molecular complexity index is 1150. The summed E-state index contributed by atoms with van der Waals surface area (Å²) in [5, 5.41) is 20.0. The molecule has 1 amide bonds. The molecule has 0 aliphatic rings. The topological polar surface area (TPSA) is 77.0 Å². The molecule has 2 rings (SSSR count). The van der Waals surface area contributed by atoms with Crippen LogP contribution in [0.15, 0.2) is 60.7 Å². The van der Waals surface area contributed by atoms with Crippen LogP contribution < -0.4 is 16.0 Å². The molecule has 2 unspecified atom stereocenters. The van der Waals surface area contributed by atoms with Gasteiger partial charge in [0.2, 0.25) is 0 Å². The molecule has 0 bridgehead atoms. The molecule has 0 fully saturated rings. The molecule has 0 spiro atoms. The Balaban J connectivity index is 1.86. The van der Waals surface area contributed by atoms with Crippen molar-refractivity contribution in [3.8, 4) is 0 Å². The number of amides is 1. The van der Waals surface area contributed by atoms with E-state index in [0.29, 0.717) is 50.5 Å². The summed E-state index contributed by atoms with van der Waals surface area (Å²) < 4.78 is 0. The molecule has 8 heteroatoms. The van der Waals surface area contributed by atoms with Crippen LogP contribution in [0.25, 0.3) is 5.70 Å². The van der Waals surface area contributed by atoms with Gasteiger partial charge in [0.05, 0.1) is 16.4 Å². The zero-order chi connectivity index (χ0) is 29.5. The highest BCUT2D eigenvalue weighted by atomic mass is 35.5. The van der Waals surface area contributed by atoms with Crippen LogP contribution in [0.2, 0.25) is 15.1 Å². The summed E-state index contributed by atoms with van der Waals surface area (Å²) in [7, 11) is 0. The van der Waals surface area contributed by atoms with Gasteiger partial charge in [-0.25, -0.2) is 0 Å². The fourth-order valence-corrected chi connectivity index (χ4v) is 5.11. The van der Waals surface area contributed by atoms with E-state index in [2.05, 4.69) is 36.4 Å². The lowest BCUT2D eigenvalue weighted by Crippen LogP contribution is -2.33. The minimum atomic E-state index is -0.406. The maximum atomic E-state index is 12.8. The molecule has 5 nitrogen and oxygen atoms in total. The van der Waals surface area contributed by atoms with Crippen molar-refractivity contribution < 1.29 is 4.79 Å². The van der Waals surface area contributed by atoms with Gasteiger partial charge in [-0.2, -0.15) is 0 Å². The molecule has 2 aromatic carbocycles. The SMILES string of the molecule is C=CCC(CC)C(C)NCCCCCCCNC(=O)C(=N)/C(C)=C(\Nc1ccc(Cl)cc1Cl)c1ccc(Cl)cc1. The smallest absolute Gasteiger partial charge is 0.269 e. The van der Waals surface area contributed by atoms with E-state index in [9.17, 15) is 4.79 Å². The molecule has 2 atom stereocenters. The Hall–Kier alpha value is -2.31. The first-order chi connectivity index (χ1) is 19.2. The zero-order valence-electron chi connectivity index (χ0n) is 23.9. The number of allylic oxidation sites excluding steroid dienone is 1. The number of rotatable bonds is 18. The van der Waals surface area contributed by atoms with Gasteiger partial charge < -0.3 is 16.0 Å². The Kier molecular flexibility index (Phi) is 15.4. The van der Waals surface area contributed by atoms with Gasteiger partial charge in [-0.05, 0) is 81.5 Å². The van der Waals surface area contributed by atoms with Gasteiger partial charge in [-0.3, -0.25) is 10.2 Å². The van der Waals surface area contributed by atoms with Crippen LogP contribution in [-0.4, -0.2) is 30.8 Å². The summed E-state index contributed by atoms with van der Waals surface area (Å²) >= 11 is 18.5. The highest BCUT2D eigenvalue weighted by Gasteiger charge is 2.18. The molecule has 40 heavy (non-hydrogen) atoms. The van der Waals surface area contributed by atoms with Gasteiger partial charge in [0, 0.05) is 28.2 Å². The van der Waals surface area contributed by atoms with Crippen molar-refractivity contribution in [2.75, 3.05) is 18.4 Å². The van der Waals surface area contributed by atoms with Crippen molar-refractivity contribution in [2.45, 2.75) is 71.8 Å². The summed E-state index contributed by atoms with van der Waals surface area (Å²) in [6.07, 6.45) is 9.58. The lowest BCUT2D eigenvalue weighted by atomic mass is 9.94. The second kappa shape index (κ2) is 18.2. The number of benzene rings is 2. The number of carbonyl (C=O) groups is 1. The summed E-state index contributed by atoms with van der Waals surface area (Å²) in [5.74, 6) is 0.239. The number of anilines is 1. The summed E-state index contributed by atoms with van der Waals surface area (Å²) in [6, 6.07) is 12.8. The van der Waals surface area contributed by atoms with E-state index < -0.39 is 5.91 Å². The lowest BCUT2D eigenvalue weighted by Gasteiger charge is -2.22. The van der Waals surface area contributed by atoms with Gasteiger partial charge in [-0.1, -0.05) is 85.6 Å². The number of carbonyl (C=O) groups excluding carboxylic acids is 1. The molecule has 4 N–H and O–H groups in total. The Morgan fingerprint density at radius 1 is 0.975 bits per heavy atom. The molecule has 0 aliphatic carbocycles. The minimum Gasteiger partial charge on any atom is -0.354 e. The highest BCUT2D eigenvalue weighted by Crippen LogP contribution is 2.30. The predicted octanol–water partition coefficient (Wildman–Crippen LogP) is 9.16. The number of unbranched alkanes of at least 4 members (excludes halogenated alkanes) is 4. The monoisotopic (exact) mass is 604 g/mol. The minimum absolute atomic E-state index is 0.107. The number of hydrogen-bond donors (Lipinski definition) is 4. The van der Waals surface area contributed by atoms with E-state index in [1.54, 1.807) is 37.3 Å². The zero-order valence-corrected chi connectivity index (χ0v) is 26.2. The van der Waals surface area contributed by atoms with Gasteiger partial charge in [0.25, 0.3) is 5.91 Å². The number of nitrogens with one attached hydrogen (secondary N) is 4. The maximum absolute atomic E-state index is 12.8. The highest BCUT2D eigenvalue weighted by molar-refractivity contribution is 6.45. The third kappa shape index (κ3) is 11.3. The Morgan fingerprint density at radius 3 is 2.23 bits per heavy atom. The van der Waals surface area contributed by atoms with Crippen molar-refractivity contribution in [1.82, 2.24) is 10.6 Å². The molecule has 0 aliphatic heterocycles. The molecule has 0 heterocycles. The van der Waals surface area contributed by atoms with E-state index in [1.165, 1.54) is 0 Å². The second-order valence-corrected chi connectivity index (χ2v) is 11.4. The van der Waals surface area contributed by atoms with Gasteiger partial charge in [-0.15, -0.1) is 6.58 Å². The quantitative estimate of drug-likeness (QED) is 0.0777. The Morgan fingerprint density at radius 2 is 1.60 bits per heavy atom. The van der Waals surface area contributed by atoms with Crippen LogP contribution in [0.5, 0.6) is 0 Å². The average Bonchev–Trinajstić information content (AvgIpc) is 2.94. The molecular formula is C32H43Cl3N4O. The molecule has 2 aromatic rings. The summed E-state index contributed by atoms with van der Waals surface area (Å²) in [6.45, 7) is 11.7. The van der Waals surface area contributed by atoms with E-state index in [-0.39, 0.29) is 5.71 Å². The largest absolute Gasteiger partial charge is 0.354 e. The van der Waals surface area contributed by atoms with E-state index in [4.69, 9.17) is 40.2 Å². The van der Waals surface area contributed by atoms with Gasteiger partial charge in [0.15, 0.2) is 0 Å². The fraction of sp³-hybridized carbons (Fsp3) is 0.438. The third-order valence-corrected chi connectivity index (χ3v) is 7.91. The van der Waals surface area contributed by atoms with Crippen LogP contribution in [0.1, 0.15) is 71.3 Å². The van der Waals surface area contributed by atoms with E-state index in [1.807, 2.05) is 18.2 Å². The molecule has 0 saturated carbocycles. The first-order valence-electron chi connectivity index (χ1n) is 14.1.